The zero-order valence-corrected chi connectivity index (χ0v) is 15.3. The van der Waals surface area contributed by atoms with Gasteiger partial charge in [-0.05, 0) is 23.1 Å². The van der Waals surface area contributed by atoms with Crippen molar-refractivity contribution in [1.82, 2.24) is 0 Å². The van der Waals surface area contributed by atoms with Crippen LogP contribution in [0.2, 0.25) is 0 Å². The number of carbonyl (C=O) groups excluding carboxylic acids is 1. The van der Waals surface area contributed by atoms with Gasteiger partial charge < -0.3 is 29.2 Å². The van der Waals surface area contributed by atoms with Crippen LogP contribution in [0.1, 0.15) is 6.42 Å². The lowest BCUT2D eigenvalue weighted by molar-refractivity contribution is -0.197. The largest absolute Gasteiger partial charge is 0.446 e. The summed E-state index contributed by atoms with van der Waals surface area (Å²) in [5.74, 6) is -1.18. The van der Waals surface area contributed by atoms with Crippen molar-refractivity contribution < 1.29 is 34.0 Å². The Kier molecular flexibility index (Phi) is 2.74. The fourth-order valence-electron chi connectivity index (χ4n) is 5.82. The molecule has 10 heteroatoms. The van der Waals surface area contributed by atoms with Crippen LogP contribution in [-0.4, -0.2) is 63.4 Å². The minimum absolute atomic E-state index is 0.266. The van der Waals surface area contributed by atoms with Crippen LogP contribution in [0.3, 0.4) is 0 Å². The summed E-state index contributed by atoms with van der Waals surface area (Å²) in [6, 6.07) is 9.97. The summed E-state index contributed by atoms with van der Waals surface area (Å²) in [4.78, 5) is 16.1. The number of aliphatic hydroxyl groups is 2. The van der Waals surface area contributed by atoms with Gasteiger partial charge in [0, 0.05) is 11.3 Å². The molecule has 7 rings (SSSR count). The van der Waals surface area contributed by atoms with Gasteiger partial charge in [0.25, 0.3) is 0 Å². The summed E-state index contributed by atoms with van der Waals surface area (Å²) >= 11 is 0. The maximum Gasteiger partial charge on any atom is 0.320 e. The monoisotopic (exact) mass is 409 g/mol. The topological polar surface area (TPSA) is 150 Å². The summed E-state index contributed by atoms with van der Waals surface area (Å²) in [6.07, 6.45) is -4.51. The molecule has 7 atom stereocenters. The molecule has 0 radical (unpaired) electrons. The zero-order chi connectivity index (χ0) is 20.5. The highest BCUT2D eigenvalue weighted by molar-refractivity contribution is 5.99. The fraction of sp³-hybridized carbons (Fsp3) is 0.450. The third-order valence-electron chi connectivity index (χ3n) is 7.11. The number of nitrogens with zero attached hydrogens (tertiary/aromatic N) is 3. The molecule has 4 fully saturated rings. The van der Waals surface area contributed by atoms with Gasteiger partial charge in [-0.25, -0.2) is 0 Å². The van der Waals surface area contributed by atoms with Crippen LogP contribution in [0.4, 0.5) is 0 Å². The van der Waals surface area contributed by atoms with Crippen molar-refractivity contribution in [3.05, 3.63) is 46.8 Å². The van der Waals surface area contributed by atoms with E-state index in [2.05, 4.69) is 10.0 Å². The van der Waals surface area contributed by atoms with Crippen LogP contribution in [0.15, 0.2) is 41.5 Å². The average Bonchev–Trinajstić information content (AvgIpc) is 3.64. The van der Waals surface area contributed by atoms with Crippen molar-refractivity contribution in [2.24, 2.45) is 5.11 Å². The van der Waals surface area contributed by atoms with Crippen molar-refractivity contribution in [3.63, 3.8) is 0 Å². The predicted octanol–water partition coefficient (Wildman–Crippen LogP) is 0.970. The number of ketones is 1. The SMILES string of the molecule is [N-]=[N+]=N[C@H]1CC(=O)[C@]23O[C@]2([C@@H](O)[C@H]2O[C@H]2C32Oc3cccc4cccc(c34)O2)[C@H]1O. The molecule has 0 aromatic heterocycles. The first kappa shape index (κ1) is 16.9. The second kappa shape index (κ2) is 4.88. The standard InChI is InChI=1S/C20H15N3O7/c21-23-22-9-7-12(24)19-18(30-19,15(9)25)16(26)14-17(27-14)20(19)28-10-5-1-3-8-4-2-6-11(29-20)13(8)10/h1-6,9,14-17,25-26H,7H2/t9-,14+,15-,16-,17+,18-,19-/m0/s1. The van der Waals surface area contributed by atoms with E-state index < -0.39 is 53.2 Å². The van der Waals surface area contributed by atoms with Crippen LogP contribution < -0.4 is 9.47 Å². The Bertz CT molecular complexity index is 1170. The first-order valence-electron chi connectivity index (χ1n) is 9.69. The molecule has 3 aliphatic heterocycles. The highest BCUT2D eigenvalue weighted by atomic mass is 16.8. The van der Waals surface area contributed by atoms with Gasteiger partial charge in [0.2, 0.25) is 5.60 Å². The van der Waals surface area contributed by atoms with Crippen LogP contribution in [0.25, 0.3) is 21.2 Å². The lowest BCUT2D eigenvalue weighted by Gasteiger charge is -2.47. The number of hydrogen-bond donors (Lipinski definition) is 2. The van der Waals surface area contributed by atoms with Gasteiger partial charge >= 0.3 is 5.79 Å². The molecule has 2 saturated carbocycles. The molecular formula is C20H15N3O7. The number of Topliss-reactive ketones (excluding diaryl/α,β-unsaturated/α-hetero) is 1. The summed E-state index contributed by atoms with van der Waals surface area (Å²) in [6.45, 7) is 0. The Labute approximate surface area is 168 Å². The molecule has 0 bridgehead atoms. The maximum absolute atomic E-state index is 13.4. The van der Waals surface area contributed by atoms with Crippen molar-refractivity contribution in [2.45, 2.75) is 53.9 Å². The smallest absolute Gasteiger partial charge is 0.320 e. The molecule has 1 spiro atoms. The molecule has 2 N–H and O–H groups in total. The third kappa shape index (κ3) is 1.52. The van der Waals surface area contributed by atoms with Crippen molar-refractivity contribution in [3.8, 4) is 11.5 Å². The number of rotatable bonds is 1. The van der Waals surface area contributed by atoms with E-state index in [9.17, 15) is 15.0 Å². The van der Waals surface area contributed by atoms with Crippen LogP contribution >= 0.6 is 0 Å². The maximum atomic E-state index is 13.4. The minimum atomic E-state index is -1.78. The molecule has 10 nitrogen and oxygen atoms in total. The third-order valence-corrected chi connectivity index (χ3v) is 7.11. The van der Waals surface area contributed by atoms with Crippen LogP contribution in [-0.2, 0) is 14.3 Å². The predicted molar refractivity (Wildman–Crippen MR) is 97.7 cm³/mol. The lowest BCUT2D eigenvalue weighted by atomic mass is 9.62. The van der Waals surface area contributed by atoms with Gasteiger partial charge in [-0.3, -0.25) is 4.79 Å². The van der Waals surface area contributed by atoms with E-state index in [0.29, 0.717) is 11.5 Å². The van der Waals surface area contributed by atoms with Crippen LogP contribution in [0, 0.1) is 0 Å². The summed E-state index contributed by atoms with van der Waals surface area (Å²) in [5, 5.41) is 27.2. The Hall–Kier alpha value is -2.88. The lowest BCUT2D eigenvalue weighted by Crippen LogP contribution is -2.75. The number of fused-ring (bicyclic) bond motifs is 2. The summed E-state index contributed by atoms with van der Waals surface area (Å²) in [7, 11) is 0. The highest BCUT2D eigenvalue weighted by Gasteiger charge is 3.00. The molecule has 2 aromatic carbocycles. The number of epoxide rings is 2. The van der Waals surface area contributed by atoms with E-state index in [0.717, 1.165) is 10.8 Å². The highest BCUT2D eigenvalue weighted by Crippen LogP contribution is 2.72. The molecule has 2 saturated heterocycles. The van der Waals surface area contributed by atoms with E-state index in [4.69, 9.17) is 24.5 Å². The van der Waals surface area contributed by atoms with Crippen molar-refractivity contribution in [1.29, 1.82) is 0 Å². The van der Waals surface area contributed by atoms with E-state index >= 15 is 0 Å². The zero-order valence-electron chi connectivity index (χ0n) is 15.3. The molecular weight excluding hydrogens is 394 g/mol. The Morgan fingerprint density at radius 2 is 1.80 bits per heavy atom. The van der Waals surface area contributed by atoms with Gasteiger partial charge in [-0.2, -0.15) is 0 Å². The number of benzene rings is 2. The van der Waals surface area contributed by atoms with E-state index in [1.807, 2.05) is 24.3 Å². The van der Waals surface area contributed by atoms with Gasteiger partial charge in [-0.1, -0.05) is 29.4 Å². The molecule has 5 aliphatic rings. The van der Waals surface area contributed by atoms with Crippen molar-refractivity contribution in [2.75, 3.05) is 0 Å². The number of azide groups is 1. The molecule has 0 amide bonds. The van der Waals surface area contributed by atoms with Gasteiger partial charge in [0.05, 0.1) is 17.5 Å². The fourth-order valence-corrected chi connectivity index (χ4v) is 5.82. The van der Waals surface area contributed by atoms with Crippen LogP contribution in [0.5, 0.6) is 11.5 Å². The first-order valence-corrected chi connectivity index (χ1v) is 9.69. The number of ether oxygens (including phenoxy) is 4. The molecule has 2 aliphatic carbocycles. The molecule has 3 heterocycles. The number of hydrogen-bond acceptors (Lipinski definition) is 8. The first-order chi connectivity index (χ1) is 14.5. The van der Waals surface area contributed by atoms with E-state index in [1.54, 1.807) is 12.1 Å². The van der Waals surface area contributed by atoms with Gasteiger partial charge in [-0.15, -0.1) is 0 Å². The summed E-state index contributed by atoms with van der Waals surface area (Å²) in [5.41, 5.74) is 5.31. The molecule has 152 valence electrons. The number of carbonyl (C=O) groups is 1. The summed E-state index contributed by atoms with van der Waals surface area (Å²) < 4.78 is 24.4. The molecule has 0 unspecified atom stereocenters. The van der Waals surface area contributed by atoms with Crippen molar-refractivity contribution >= 4 is 16.6 Å². The van der Waals surface area contributed by atoms with E-state index in [-0.39, 0.29) is 6.42 Å². The molecule has 2 aromatic rings. The van der Waals surface area contributed by atoms with E-state index in [1.165, 1.54) is 0 Å². The van der Waals surface area contributed by atoms with Gasteiger partial charge in [0.15, 0.2) is 17.5 Å². The average molecular weight is 409 g/mol. The normalized spacial score (nSPS) is 43.4. The quantitative estimate of drug-likeness (QED) is 0.308. The minimum Gasteiger partial charge on any atom is -0.446 e. The van der Waals surface area contributed by atoms with Gasteiger partial charge in [0.1, 0.15) is 23.7 Å². The second-order valence-electron chi connectivity index (χ2n) is 8.37. The molecule has 30 heavy (non-hydrogen) atoms. The Morgan fingerprint density at radius 1 is 1.10 bits per heavy atom. The number of aliphatic hydroxyl groups excluding tert-OH is 2. The Balaban J connectivity index is 1.45. The second-order valence-corrected chi connectivity index (χ2v) is 8.37. The Morgan fingerprint density at radius 3 is 2.47 bits per heavy atom.